The topological polar surface area (TPSA) is 36.9 Å². The summed E-state index contributed by atoms with van der Waals surface area (Å²) in [5, 5.41) is 0. The Morgan fingerprint density at radius 3 is 2.12 bits per heavy atom. The minimum absolute atomic E-state index is 0.112. The molecule has 4 nitrogen and oxygen atoms in total. The first-order valence-corrected chi connectivity index (χ1v) is 8.56. The summed E-state index contributed by atoms with van der Waals surface area (Å²) in [6, 6.07) is 13.8. The summed E-state index contributed by atoms with van der Waals surface area (Å²) in [6.45, 7) is 0.787. The van der Waals surface area contributed by atoms with E-state index in [1.54, 1.807) is 14.2 Å². The van der Waals surface area contributed by atoms with Gasteiger partial charge in [-0.05, 0) is 48.2 Å². The Morgan fingerprint density at radius 2 is 1.52 bits per heavy atom. The highest BCUT2D eigenvalue weighted by Gasteiger charge is 2.14. The van der Waals surface area contributed by atoms with Gasteiger partial charge in [-0.15, -0.1) is 0 Å². The van der Waals surface area contributed by atoms with Crippen molar-refractivity contribution < 1.29 is 18.9 Å². The van der Waals surface area contributed by atoms with Gasteiger partial charge in [0.1, 0.15) is 17.2 Å². The van der Waals surface area contributed by atoms with Gasteiger partial charge in [-0.1, -0.05) is 24.3 Å². The molecule has 1 atom stereocenters. The molecule has 4 heteroatoms. The predicted octanol–water partition coefficient (Wildman–Crippen LogP) is 4.78. The van der Waals surface area contributed by atoms with E-state index in [9.17, 15) is 0 Å². The maximum absolute atomic E-state index is 5.85. The van der Waals surface area contributed by atoms with Crippen LogP contribution in [0.15, 0.2) is 42.5 Å². The molecule has 1 aliphatic rings. The quantitative estimate of drug-likeness (QED) is 0.709. The average Bonchev–Trinajstić information content (AvgIpc) is 2.68. The number of benzene rings is 2. The molecular formula is C21H24O4. The van der Waals surface area contributed by atoms with Crippen LogP contribution >= 0.6 is 0 Å². The first-order valence-electron chi connectivity index (χ1n) is 8.56. The van der Waals surface area contributed by atoms with Crippen LogP contribution in [-0.4, -0.2) is 27.1 Å². The SMILES string of the molecule is COc1cc(C=Cc2ccc(OC3CCCCO3)cc2)cc(OC)c1. The average molecular weight is 340 g/mol. The van der Waals surface area contributed by atoms with Crippen LogP contribution in [-0.2, 0) is 4.74 Å². The summed E-state index contributed by atoms with van der Waals surface area (Å²) in [5.74, 6) is 2.39. The van der Waals surface area contributed by atoms with Crippen LogP contribution in [0.4, 0.5) is 0 Å². The van der Waals surface area contributed by atoms with Crippen LogP contribution in [0.3, 0.4) is 0 Å². The molecular weight excluding hydrogens is 316 g/mol. The highest BCUT2D eigenvalue weighted by Crippen LogP contribution is 2.24. The second-order valence-corrected chi connectivity index (χ2v) is 5.96. The minimum Gasteiger partial charge on any atom is -0.497 e. The predicted molar refractivity (Wildman–Crippen MR) is 99.1 cm³/mol. The molecule has 1 aliphatic heterocycles. The Balaban J connectivity index is 1.65. The lowest BCUT2D eigenvalue weighted by molar-refractivity contribution is -0.105. The van der Waals surface area contributed by atoms with Gasteiger partial charge in [-0.25, -0.2) is 0 Å². The number of ether oxygens (including phenoxy) is 4. The van der Waals surface area contributed by atoms with E-state index in [4.69, 9.17) is 18.9 Å². The van der Waals surface area contributed by atoms with Gasteiger partial charge < -0.3 is 18.9 Å². The van der Waals surface area contributed by atoms with Crippen LogP contribution in [0, 0.1) is 0 Å². The highest BCUT2D eigenvalue weighted by molar-refractivity contribution is 5.71. The van der Waals surface area contributed by atoms with Gasteiger partial charge in [0, 0.05) is 12.5 Å². The highest BCUT2D eigenvalue weighted by atomic mass is 16.7. The molecule has 3 rings (SSSR count). The molecule has 0 N–H and O–H groups in total. The van der Waals surface area contributed by atoms with Crippen molar-refractivity contribution in [1.82, 2.24) is 0 Å². The van der Waals surface area contributed by atoms with Crippen molar-refractivity contribution in [2.45, 2.75) is 25.6 Å². The molecule has 1 fully saturated rings. The van der Waals surface area contributed by atoms with Crippen molar-refractivity contribution >= 4 is 12.2 Å². The van der Waals surface area contributed by atoms with Crippen molar-refractivity contribution in [2.24, 2.45) is 0 Å². The van der Waals surface area contributed by atoms with E-state index < -0.39 is 0 Å². The minimum atomic E-state index is -0.112. The molecule has 132 valence electrons. The van der Waals surface area contributed by atoms with Crippen LogP contribution < -0.4 is 14.2 Å². The Labute approximate surface area is 149 Å². The summed E-state index contributed by atoms with van der Waals surface area (Å²) in [6.07, 6.45) is 7.22. The third-order valence-electron chi connectivity index (χ3n) is 4.13. The van der Waals surface area contributed by atoms with Crippen molar-refractivity contribution in [3.8, 4) is 17.2 Å². The molecule has 0 aromatic heterocycles. The van der Waals surface area contributed by atoms with Gasteiger partial charge in [0.05, 0.1) is 20.8 Å². The van der Waals surface area contributed by atoms with Gasteiger partial charge in [0.25, 0.3) is 0 Å². The maximum atomic E-state index is 5.85. The first-order chi connectivity index (χ1) is 12.3. The fourth-order valence-electron chi connectivity index (χ4n) is 2.73. The second-order valence-electron chi connectivity index (χ2n) is 5.96. The second kappa shape index (κ2) is 8.58. The normalized spacial score (nSPS) is 17.4. The zero-order chi connectivity index (χ0) is 17.5. The molecule has 25 heavy (non-hydrogen) atoms. The number of hydrogen-bond donors (Lipinski definition) is 0. The molecule has 2 aromatic carbocycles. The molecule has 0 saturated carbocycles. The van der Waals surface area contributed by atoms with Crippen LogP contribution in [0.2, 0.25) is 0 Å². The van der Waals surface area contributed by atoms with E-state index in [1.807, 2.05) is 48.5 Å². The van der Waals surface area contributed by atoms with E-state index in [0.29, 0.717) is 0 Å². The zero-order valence-corrected chi connectivity index (χ0v) is 14.7. The Bertz CT molecular complexity index is 678. The molecule has 1 saturated heterocycles. The Kier molecular flexibility index (Phi) is 5.96. The van der Waals surface area contributed by atoms with Crippen LogP contribution in [0.1, 0.15) is 30.4 Å². The Hall–Kier alpha value is -2.46. The van der Waals surface area contributed by atoms with Crippen molar-refractivity contribution in [3.05, 3.63) is 53.6 Å². The van der Waals surface area contributed by atoms with E-state index in [1.165, 1.54) is 0 Å². The van der Waals surface area contributed by atoms with Crippen LogP contribution in [0.25, 0.3) is 12.2 Å². The van der Waals surface area contributed by atoms with E-state index in [2.05, 4.69) is 6.08 Å². The van der Waals surface area contributed by atoms with Crippen molar-refractivity contribution in [2.75, 3.05) is 20.8 Å². The number of methoxy groups -OCH3 is 2. The fraction of sp³-hybridized carbons (Fsp3) is 0.333. The summed E-state index contributed by atoms with van der Waals surface area (Å²) in [7, 11) is 3.30. The summed E-state index contributed by atoms with van der Waals surface area (Å²) >= 11 is 0. The lowest BCUT2D eigenvalue weighted by Crippen LogP contribution is -2.24. The smallest absolute Gasteiger partial charge is 0.199 e. The van der Waals surface area contributed by atoms with Gasteiger partial charge in [-0.2, -0.15) is 0 Å². The third kappa shape index (κ3) is 5.00. The van der Waals surface area contributed by atoms with Crippen molar-refractivity contribution in [3.63, 3.8) is 0 Å². The maximum Gasteiger partial charge on any atom is 0.199 e. The molecule has 1 unspecified atom stereocenters. The standard InChI is InChI=1S/C21H24O4/c1-22-19-13-17(14-20(15-19)23-2)7-6-16-8-10-18(11-9-16)25-21-5-3-4-12-24-21/h6-11,13-15,21H,3-5,12H2,1-2H3. The Morgan fingerprint density at radius 1 is 0.840 bits per heavy atom. The lowest BCUT2D eigenvalue weighted by atomic mass is 10.1. The molecule has 0 amide bonds. The fourth-order valence-corrected chi connectivity index (χ4v) is 2.73. The number of hydrogen-bond acceptors (Lipinski definition) is 4. The molecule has 0 aliphatic carbocycles. The lowest BCUT2D eigenvalue weighted by Gasteiger charge is -2.23. The van der Waals surface area contributed by atoms with Gasteiger partial charge in [0.15, 0.2) is 6.29 Å². The molecule has 2 aromatic rings. The summed E-state index contributed by atoms with van der Waals surface area (Å²) in [5.41, 5.74) is 2.12. The van der Waals surface area contributed by atoms with E-state index >= 15 is 0 Å². The van der Waals surface area contributed by atoms with Gasteiger partial charge in [0.2, 0.25) is 0 Å². The van der Waals surface area contributed by atoms with Crippen molar-refractivity contribution in [1.29, 1.82) is 0 Å². The monoisotopic (exact) mass is 340 g/mol. The first kappa shape index (κ1) is 17.4. The van der Waals surface area contributed by atoms with E-state index in [-0.39, 0.29) is 6.29 Å². The molecule has 0 radical (unpaired) electrons. The molecule has 0 spiro atoms. The number of rotatable bonds is 6. The third-order valence-corrected chi connectivity index (χ3v) is 4.13. The van der Waals surface area contributed by atoms with Crippen LogP contribution in [0.5, 0.6) is 17.2 Å². The molecule has 0 bridgehead atoms. The summed E-state index contributed by atoms with van der Waals surface area (Å²) < 4.78 is 22.0. The molecule has 1 heterocycles. The largest absolute Gasteiger partial charge is 0.497 e. The summed E-state index contributed by atoms with van der Waals surface area (Å²) in [4.78, 5) is 0. The zero-order valence-electron chi connectivity index (χ0n) is 14.7. The van der Waals surface area contributed by atoms with E-state index in [0.717, 1.165) is 54.2 Å². The van der Waals surface area contributed by atoms with Gasteiger partial charge in [-0.3, -0.25) is 0 Å². The van der Waals surface area contributed by atoms with Gasteiger partial charge >= 0.3 is 0 Å².